The van der Waals surface area contributed by atoms with Gasteiger partial charge in [-0.3, -0.25) is 9.13 Å². The summed E-state index contributed by atoms with van der Waals surface area (Å²) in [5.41, 5.74) is 0. The van der Waals surface area contributed by atoms with E-state index >= 15 is 0 Å². The van der Waals surface area contributed by atoms with Crippen molar-refractivity contribution in [1.82, 2.24) is 48.6 Å². The van der Waals surface area contributed by atoms with Gasteiger partial charge in [0.05, 0.1) is 0 Å². The highest BCUT2D eigenvalue weighted by atomic mass is 16.2. The summed E-state index contributed by atoms with van der Waals surface area (Å²) in [4.78, 5) is 37.5. The number of carbonyl (C=O) groups excluding carboxylic acids is 2. The molecular formula is C12H10N10O2. The molecule has 4 aromatic heterocycles. The van der Waals surface area contributed by atoms with Gasteiger partial charge in [-0.1, -0.05) is 0 Å². The first kappa shape index (κ1) is 15.0. The summed E-state index contributed by atoms with van der Waals surface area (Å²) in [7, 11) is 0. The van der Waals surface area contributed by atoms with E-state index in [1.165, 1.54) is 47.1 Å². The summed E-state index contributed by atoms with van der Waals surface area (Å²) < 4.78 is 4.88. The number of rotatable bonds is 0. The number of nitrogens with zero attached hydrogens (tertiary/aromatic N) is 10. The Morgan fingerprint density at radius 1 is 0.625 bits per heavy atom. The molecule has 0 saturated heterocycles. The molecule has 0 radical (unpaired) electrons. The van der Waals surface area contributed by atoms with Crippen molar-refractivity contribution in [3.63, 3.8) is 0 Å². The molecule has 12 heteroatoms. The zero-order valence-corrected chi connectivity index (χ0v) is 12.1. The molecule has 12 nitrogen and oxygen atoms in total. The third kappa shape index (κ3) is 3.27. The predicted molar refractivity (Wildman–Crippen MR) is 76.9 cm³/mol. The van der Waals surface area contributed by atoms with Crippen molar-refractivity contribution in [3.05, 3.63) is 62.8 Å². The fraction of sp³-hybridized carbons (Fsp3) is 0. The van der Waals surface area contributed by atoms with Gasteiger partial charge in [0.15, 0.2) is 0 Å². The van der Waals surface area contributed by atoms with Crippen molar-refractivity contribution < 1.29 is 9.59 Å². The van der Waals surface area contributed by atoms with E-state index in [0.717, 1.165) is 9.36 Å². The van der Waals surface area contributed by atoms with Crippen molar-refractivity contribution in [3.8, 4) is 0 Å². The maximum Gasteiger partial charge on any atom is 0.372 e. The predicted octanol–water partition coefficient (Wildman–Crippen LogP) is -0.0180. The standard InChI is InChI=1S/C7H6N4O.C5H4N6O/c12-7(10-3-1-8-5-10)11-4-2-9-6-11;12-5(10-3-6-1-8-10)11-4-7-2-9-11/h1-6H;1-4H. The van der Waals surface area contributed by atoms with Gasteiger partial charge in [0.1, 0.15) is 38.0 Å². The van der Waals surface area contributed by atoms with Crippen molar-refractivity contribution in [2.45, 2.75) is 0 Å². The molecule has 0 aliphatic carbocycles. The molecular weight excluding hydrogens is 316 g/mol. The number of hydrogen-bond acceptors (Lipinski definition) is 8. The molecule has 0 amide bonds. The Morgan fingerprint density at radius 3 is 1.46 bits per heavy atom. The fourth-order valence-corrected chi connectivity index (χ4v) is 1.60. The summed E-state index contributed by atoms with van der Waals surface area (Å²) >= 11 is 0. The molecule has 4 heterocycles. The summed E-state index contributed by atoms with van der Waals surface area (Å²) in [6.45, 7) is 0. The molecule has 0 aromatic carbocycles. The van der Waals surface area contributed by atoms with Crippen LogP contribution >= 0.6 is 0 Å². The molecule has 0 spiro atoms. The van der Waals surface area contributed by atoms with Crippen LogP contribution in [0.25, 0.3) is 0 Å². The van der Waals surface area contributed by atoms with Crippen LogP contribution in [-0.4, -0.2) is 60.7 Å². The second-order valence-electron chi connectivity index (χ2n) is 4.19. The van der Waals surface area contributed by atoms with Gasteiger partial charge in [0.25, 0.3) is 0 Å². The van der Waals surface area contributed by atoms with Crippen LogP contribution in [0, 0.1) is 0 Å². The van der Waals surface area contributed by atoms with Gasteiger partial charge in [-0.05, 0) is 0 Å². The number of aromatic nitrogens is 10. The molecule has 0 unspecified atom stereocenters. The van der Waals surface area contributed by atoms with E-state index in [0.29, 0.717) is 0 Å². The lowest BCUT2D eigenvalue weighted by Gasteiger charge is -1.98. The Hall–Kier alpha value is -3.96. The number of carbonyl (C=O) groups is 2. The average molecular weight is 326 g/mol. The molecule has 0 aliphatic heterocycles. The van der Waals surface area contributed by atoms with Crippen molar-refractivity contribution in [2.75, 3.05) is 0 Å². The first-order valence-electron chi connectivity index (χ1n) is 6.50. The van der Waals surface area contributed by atoms with E-state index in [2.05, 4.69) is 30.1 Å². The maximum absolute atomic E-state index is 11.4. The van der Waals surface area contributed by atoms with Gasteiger partial charge >= 0.3 is 12.1 Å². The first-order chi connectivity index (χ1) is 11.8. The monoisotopic (exact) mass is 326 g/mol. The second kappa shape index (κ2) is 6.87. The highest BCUT2D eigenvalue weighted by Crippen LogP contribution is 1.92. The molecule has 0 fully saturated rings. The third-order valence-electron chi connectivity index (χ3n) is 2.68. The lowest BCUT2D eigenvalue weighted by atomic mass is 10.8. The van der Waals surface area contributed by atoms with Crippen LogP contribution in [0.2, 0.25) is 0 Å². The van der Waals surface area contributed by atoms with Crippen LogP contribution in [0.4, 0.5) is 9.59 Å². The summed E-state index contributed by atoms with van der Waals surface area (Å²) in [6.07, 6.45) is 14.3. The molecule has 24 heavy (non-hydrogen) atoms. The average Bonchev–Trinajstić information content (AvgIpc) is 3.43. The van der Waals surface area contributed by atoms with Crippen molar-refractivity contribution in [1.29, 1.82) is 0 Å². The Balaban J connectivity index is 0.000000141. The van der Waals surface area contributed by atoms with Crippen LogP contribution in [0.1, 0.15) is 0 Å². The summed E-state index contributed by atoms with van der Waals surface area (Å²) in [5.74, 6) is 0. The summed E-state index contributed by atoms with van der Waals surface area (Å²) in [5, 5.41) is 7.28. The minimum absolute atomic E-state index is 0.190. The van der Waals surface area contributed by atoms with Crippen LogP contribution in [0.15, 0.2) is 62.8 Å². The Bertz CT molecular complexity index is 729. The lowest BCUT2D eigenvalue weighted by Crippen LogP contribution is -2.20. The third-order valence-corrected chi connectivity index (χ3v) is 2.68. The minimum atomic E-state index is -0.412. The topological polar surface area (TPSA) is 131 Å². The quantitative estimate of drug-likeness (QED) is 0.440. The number of hydrogen-bond donors (Lipinski definition) is 0. The van der Waals surface area contributed by atoms with E-state index in [4.69, 9.17) is 0 Å². The Morgan fingerprint density at radius 2 is 1.12 bits per heavy atom. The highest BCUT2D eigenvalue weighted by molar-refractivity contribution is 5.78. The second-order valence-corrected chi connectivity index (χ2v) is 4.19. The van der Waals surface area contributed by atoms with Gasteiger partial charge in [-0.25, -0.2) is 29.5 Å². The van der Waals surface area contributed by atoms with E-state index in [9.17, 15) is 9.59 Å². The lowest BCUT2D eigenvalue weighted by molar-refractivity contribution is 0.238. The normalized spacial score (nSPS) is 10.0. The fourth-order valence-electron chi connectivity index (χ4n) is 1.60. The van der Waals surface area contributed by atoms with Crippen LogP contribution in [0.5, 0.6) is 0 Å². The van der Waals surface area contributed by atoms with Crippen LogP contribution in [-0.2, 0) is 0 Å². The SMILES string of the molecule is O=C(n1ccnc1)n1ccnc1.O=C(n1cncn1)n1cncn1. The number of imidazole rings is 2. The zero-order valence-electron chi connectivity index (χ0n) is 12.1. The molecule has 0 bridgehead atoms. The molecule has 0 atom stereocenters. The van der Waals surface area contributed by atoms with Crippen LogP contribution < -0.4 is 0 Å². The molecule has 120 valence electrons. The molecule has 0 saturated carbocycles. The van der Waals surface area contributed by atoms with Gasteiger partial charge in [-0.2, -0.15) is 19.6 Å². The maximum atomic E-state index is 11.4. The first-order valence-corrected chi connectivity index (χ1v) is 6.50. The smallest absolute Gasteiger partial charge is 0.257 e. The minimum Gasteiger partial charge on any atom is -0.257 e. The van der Waals surface area contributed by atoms with Gasteiger partial charge in [-0.15, -0.1) is 0 Å². The summed E-state index contributed by atoms with van der Waals surface area (Å²) in [6, 6.07) is -0.602. The van der Waals surface area contributed by atoms with Gasteiger partial charge in [0, 0.05) is 24.8 Å². The zero-order chi connectivity index (χ0) is 16.8. The molecule has 4 aromatic rings. The van der Waals surface area contributed by atoms with E-state index in [1.807, 2.05) is 0 Å². The van der Waals surface area contributed by atoms with E-state index in [-0.39, 0.29) is 6.03 Å². The largest absolute Gasteiger partial charge is 0.372 e. The van der Waals surface area contributed by atoms with E-state index < -0.39 is 6.03 Å². The molecule has 0 N–H and O–H groups in total. The van der Waals surface area contributed by atoms with Gasteiger partial charge < -0.3 is 0 Å². The molecule has 0 aliphatic rings. The Labute approximate surface area is 134 Å². The van der Waals surface area contributed by atoms with Crippen molar-refractivity contribution in [2.24, 2.45) is 0 Å². The molecule has 4 rings (SSSR count). The Kier molecular flexibility index (Phi) is 4.28. The van der Waals surface area contributed by atoms with Crippen LogP contribution in [0.3, 0.4) is 0 Å². The van der Waals surface area contributed by atoms with Crippen molar-refractivity contribution >= 4 is 12.1 Å². The highest BCUT2D eigenvalue weighted by Gasteiger charge is 2.07. The van der Waals surface area contributed by atoms with E-state index in [1.54, 1.807) is 24.8 Å². The van der Waals surface area contributed by atoms with Gasteiger partial charge in [0.2, 0.25) is 0 Å².